The largest absolute Gasteiger partial charge is 0.334 e. The highest BCUT2D eigenvalue weighted by molar-refractivity contribution is 6.31. The number of halogens is 1. The molecule has 1 N–H and O–H groups in total. The SMILES string of the molecule is CC1CC(C)CN(C(=O)NCc2ccccc2Cl)C1. The summed E-state index contributed by atoms with van der Waals surface area (Å²) in [6, 6.07) is 7.61. The molecule has 1 fully saturated rings. The topological polar surface area (TPSA) is 32.3 Å². The van der Waals surface area contributed by atoms with E-state index in [0.29, 0.717) is 23.4 Å². The molecule has 2 amide bonds. The van der Waals surface area contributed by atoms with Crippen LogP contribution in [0.5, 0.6) is 0 Å². The molecule has 1 heterocycles. The molecule has 0 aliphatic carbocycles. The summed E-state index contributed by atoms with van der Waals surface area (Å²) in [4.78, 5) is 14.1. The summed E-state index contributed by atoms with van der Waals surface area (Å²) in [5.41, 5.74) is 0.954. The number of piperidine rings is 1. The monoisotopic (exact) mass is 280 g/mol. The van der Waals surface area contributed by atoms with E-state index in [0.717, 1.165) is 18.7 Å². The second kappa shape index (κ2) is 6.29. The summed E-state index contributed by atoms with van der Waals surface area (Å²) in [5, 5.41) is 3.65. The Morgan fingerprint density at radius 3 is 2.58 bits per heavy atom. The molecule has 0 bridgehead atoms. The molecule has 0 radical (unpaired) electrons. The maximum absolute atomic E-state index is 12.1. The molecular formula is C15H21ClN2O. The molecule has 0 saturated carbocycles. The first-order valence-corrected chi connectivity index (χ1v) is 7.20. The highest BCUT2D eigenvalue weighted by Crippen LogP contribution is 2.21. The number of likely N-dealkylation sites (tertiary alicyclic amines) is 1. The number of hydrogen-bond acceptors (Lipinski definition) is 1. The maximum atomic E-state index is 12.1. The van der Waals surface area contributed by atoms with E-state index in [-0.39, 0.29) is 6.03 Å². The Balaban J connectivity index is 1.89. The fraction of sp³-hybridized carbons (Fsp3) is 0.533. The lowest BCUT2D eigenvalue weighted by molar-refractivity contribution is 0.146. The van der Waals surface area contributed by atoms with Crippen LogP contribution in [0.2, 0.25) is 5.02 Å². The molecule has 2 rings (SSSR count). The normalized spacial score (nSPS) is 23.2. The van der Waals surface area contributed by atoms with Gasteiger partial charge in [0.1, 0.15) is 0 Å². The molecule has 1 saturated heterocycles. The van der Waals surface area contributed by atoms with Crippen molar-refractivity contribution in [2.24, 2.45) is 11.8 Å². The van der Waals surface area contributed by atoms with Crippen LogP contribution in [0.3, 0.4) is 0 Å². The van der Waals surface area contributed by atoms with E-state index in [2.05, 4.69) is 19.2 Å². The highest BCUT2D eigenvalue weighted by atomic mass is 35.5. The predicted molar refractivity (Wildman–Crippen MR) is 78.2 cm³/mol. The van der Waals surface area contributed by atoms with Crippen molar-refractivity contribution in [1.82, 2.24) is 10.2 Å². The van der Waals surface area contributed by atoms with Crippen molar-refractivity contribution in [2.75, 3.05) is 13.1 Å². The van der Waals surface area contributed by atoms with Gasteiger partial charge in [-0.2, -0.15) is 0 Å². The van der Waals surface area contributed by atoms with Crippen molar-refractivity contribution >= 4 is 17.6 Å². The third-order valence-electron chi connectivity index (χ3n) is 3.54. The molecule has 1 aromatic carbocycles. The average molecular weight is 281 g/mol. The van der Waals surface area contributed by atoms with Crippen molar-refractivity contribution in [3.05, 3.63) is 34.9 Å². The molecule has 104 valence electrons. The summed E-state index contributed by atoms with van der Waals surface area (Å²) in [7, 11) is 0. The summed E-state index contributed by atoms with van der Waals surface area (Å²) in [6.45, 7) is 6.57. The quantitative estimate of drug-likeness (QED) is 0.883. The van der Waals surface area contributed by atoms with E-state index in [1.807, 2.05) is 29.2 Å². The van der Waals surface area contributed by atoms with Crippen molar-refractivity contribution < 1.29 is 4.79 Å². The van der Waals surface area contributed by atoms with Gasteiger partial charge in [-0.1, -0.05) is 43.6 Å². The van der Waals surface area contributed by atoms with Gasteiger partial charge in [-0.3, -0.25) is 0 Å². The van der Waals surface area contributed by atoms with Gasteiger partial charge >= 0.3 is 6.03 Å². The van der Waals surface area contributed by atoms with Gasteiger partial charge < -0.3 is 10.2 Å². The smallest absolute Gasteiger partial charge is 0.317 e. The molecule has 0 aromatic heterocycles. The molecule has 0 spiro atoms. The van der Waals surface area contributed by atoms with Gasteiger partial charge in [0.2, 0.25) is 0 Å². The molecule has 1 aromatic rings. The van der Waals surface area contributed by atoms with E-state index < -0.39 is 0 Å². The lowest BCUT2D eigenvalue weighted by Crippen LogP contribution is -2.47. The minimum Gasteiger partial charge on any atom is -0.334 e. The third-order valence-corrected chi connectivity index (χ3v) is 3.91. The molecule has 1 aliphatic heterocycles. The first-order valence-electron chi connectivity index (χ1n) is 6.82. The first kappa shape index (κ1) is 14.2. The van der Waals surface area contributed by atoms with Gasteiger partial charge in [-0.05, 0) is 29.9 Å². The number of carbonyl (C=O) groups is 1. The molecule has 3 nitrogen and oxygen atoms in total. The van der Waals surface area contributed by atoms with Gasteiger partial charge in [-0.25, -0.2) is 4.79 Å². The average Bonchev–Trinajstić information content (AvgIpc) is 2.36. The van der Waals surface area contributed by atoms with Crippen LogP contribution >= 0.6 is 11.6 Å². The summed E-state index contributed by atoms with van der Waals surface area (Å²) >= 11 is 6.07. The standard InChI is InChI=1S/C15H21ClN2O/c1-11-7-12(2)10-18(9-11)15(19)17-8-13-5-3-4-6-14(13)16/h3-6,11-12H,7-10H2,1-2H3,(H,17,19). The Hall–Kier alpha value is -1.22. The van der Waals surface area contributed by atoms with Crippen LogP contribution in [0.25, 0.3) is 0 Å². The van der Waals surface area contributed by atoms with Crippen LogP contribution in [0.1, 0.15) is 25.8 Å². The number of rotatable bonds is 2. The van der Waals surface area contributed by atoms with Crippen molar-refractivity contribution in [1.29, 1.82) is 0 Å². The van der Waals surface area contributed by atoms with Crippen LogP contribution in [0, 0.1) is 11.8 Å². The van der Waals surface area contributed by atoms with E-state index in [1.54, 1.807) is 0 Å². The second-order valence-electron chi connectivity index (χ2n) is 5.60. The molecular weight excluding hydrogens is 260 g/mol. The van der Waals surface area contributed by atoms with E-state index >= 15 is 0 Å². The van der Waals surface area contributed by atoms with Gasteiger partial charge in [0, 0.05) is 24.7 Å². The van der Waals surface area contributed by atoms with Gasteiger partial charge in [-0.15, -0.1) is 0 Å². The lowest BCUT2D eigenvalue weighted by Gasteiger charge is -2.34. The van der Waals surface area contributed by atoms with Crippen LogP contribution in [0.15, 0.2) is 24.3 Å². The predicted octanol–water partition coefficient (Wildman–Crippen LogP) is 3.53. The zero-order valence-corrected chi connectivity index (χ0v) is 12.3. The first-order chi connectivity index (χ1) is 9.06. The van der Waals surface area contributed by atoms with Crippen LogP contribution in [-0.4, -0.2) is 24.0 Å². The van der Waals surface area contributed by atoms with Crippen LogP contribution in [-0.2, 0) is 6.54 Å². The van der Waals surface area contributed by atoms with Crippen LogP contribution in [0.4, 0.5) is 4.79 Å². The maximum Gasteiger partial charge on any atom is 0.317 e. The zero-order valence-electron chi connectivity index (χ0n) is 11.5. The van der Waals surface area contributed by atoms with E-state index in [1.165, 1.54) is 6.42 Å². The minimum atomic E-state index is 0.0123. The summed E-state index contributed by atoms with van der Waals surface area (Å²) < 4.78 is 0. The molecule has 19 heavy (non-hydrogen) atoms. The Morgan fingerprint density at radius 2 is 1.95 bits per heavy atom. The molecule has 2 unspecified atom stereocenters. The number of nitrogens with one attached hydrogen (secondary N) is 1. The van der Waals surface area contributed by atoms with E-state index in [9.17, 15) is 4.79 Å². The molecule has 2 atom stereocenters. The number of carbonyl (C=O) groups excluding carboxylic acids is 1. The minimum absolute atomic E-state index is 0.0123. The van der Waals surface area contributed by atoms with Crippen molar-refractivity contribution in [2.45, 2.75) is 26.8 Å². The number of amides is 2. The second-order valence-corrected chi connectivity index (χ2v) is 6.01. The third kappa shape index (κ3) is 3.87. The fourth-order valence-electron chi connectivity index (χ4n) is 2.75. The fourth-order valence-corrected chi connectivity index (χ4v) is 2.96. The number of urea groups is 1. The molecule has 1 aliphatic rings. The number of nitrogens with zero attached hydrogens (tertiary/aromatic N) is 1. The summed E-state index contributed by atoms with van der Waals surface area (Å²) in [5.74, 6) is 1.16. The van der Waals surface area contributed by atoms with Gasteiger partial charge in [0.15, 0.2) is 0 Å². The zero-order chi connectivity index (χ0) is 13.8. The Bertz CT molecular complexity index is 440. The molecule has 4 heteroatoms. The van der Waals surface area contributed by atoms with E-state index in [4.69, 9.17) is 11.6 Å². The van der Waals surface area contributed by atoms with Crippen LogP contribution < -0.4 is 5.32 Å². The summed E-state index contributed by atoms with van der Waals surface area (Å²) in [6.07, 6.45) is 1.20. The Kier molecular flexibility index (Phi) is 4.70. The Labute approximate surface area is 119 Å². The van der Waals surface area contributed by atoms with Crippen molar-refractivity contribution in [3.8, 4) is 0 Å². The lowest BCUT2D eigenvalue weighted by atomic mass is 9.92. The highest BCUT2D eigenvalue weighted by Gasteiger charge is 2.25. The Morgan fingerprint density at radius 1 is 1.32 bits per heavy atom. The van der Waals surface area contributed by atoms with Gasteiger partial charge in [0.05, 0.1) is 0 Å². The van der Waals surface area contributed by atoms with Gasteiger partial charge in [0.25, 0.3) is 0 Å². The number of hydrogen-bond donors (Lipinski definition) is 1. The van der Waals surface area contributed by atoms with Crippen molar-refractivity contribution in [3.63, 3.8) is 0 Å². The number of benzene rings is 1.